The molecule has 0 aliphatic heterocycles. The van der Waals surface area contributed by atoms with Crippen LogP contribution in [0.3, 0.4) is 0 Å². The third-order valence-electron chi connectivity index (χ3n) is 1.46. The first kappa shape index (κ1) is 9.75. The van der Waals surface area contributed by atoms with E-state index in [1.54, 1.807) is 7.11 Å². The average Bonchev–Trinajstić information content (AvgIpc) is 2.43. The summed E-state index contributed by atoms with van der Waals surface area (Å²) in [6.45, 7) is 1.31. The van der Waals surface area contributed by atoms with Gasteiger partial charge < -0.3 is 21.1 Å². The van der Waals surface area contributed by atoms with E-state index in [1.807, 2.05) is 0 Å². The summed E-state index contributed by atoms with van der Waals surface area (Å²) in [4.78, 5) is 0. The fraction of sp³-hybridized carbons (Fsp3) is 0.667. The number of rotatable bonds is 5. The number of hydrogen-bond acceptors (Lipinski definition) is 6. The van der Waals surface area contributed by atoms with Crippen molar-refractivity contribution >= 4 is 5.95 Å². The van der Waals surface area contributed by atoms with Crippen LogP contribution >= 0.6 is 0 Å². The first-order chi connectivity index (χ1) is 6.25. The molecule has 74 valence electrons. The average molecular weight is 187 g/mol. The Bertz CT molecular complexity index is 262. The van der Waals surface area contributed by atoms with Crippen LogP contribution in [0.1, 0.15) is 5.82 Å². The van der Waals surface area contributed by atoms with Crippen LogP contribution in [-0.2, 0) is 16.1 Å². The molecule has 0 fully saturated rings. The van der Waals surface area contributed by atoms with E-state index in [-0.39, 0.29) is 12.6 Å². The van der Waals surface area contributed by atoms with Crippen molar-refractivity contribution in [1.82, 2.24) is 14.9 Å². The Morgan fingerprint density at radius 1 is 1.38 bits per heavy atom. The van der Waals surface area contributed by atoms with Gasteiger partial charge in [0.25, 0.3) is 0 Å². The van der Waals surface area contributed by atoms with Gasteiger partial charge in [0, 0.05) is 7.11 Å². The minimum Gasteiger partial charge on any atom is -0.382 e. The molecular weight excluding hydrogens is 174 g/mol. The lowest BCUT2D eigenvalue weighted by Gasteiger charge is -2.02. The van der Waals surface area contributed by atoms with Gasteiger partial charge in [0.05, 0.1) is 13.2 Å². The van der Waals surface area contributed by atoms with E-state index >= 15 is 0 Å². The zero-order valence-corrected chi connectivity index (χ0v) is 7.43. The molecule has 0 unspecified atom stereocenters. The van der Waals surface area contributed by atoms with Crippen molar-refractivity contribution in [1.29, 1.82) is 0 Å². The molecule has 0 aliphatic carbocycles. The molecule has 0 radical (unpaired) electrons. The Balaban J connectivity index is 2.32. The summed E-state index contributed by atoms with van der Waals surface area (Å²) in [5, 5.41) is 7.28. The second-order valence-corrected chi connectivity index (χ2v) is 2.39. The van der Waals surface area contributed by atoms with Crippen LogP contribution in [0.25, 0.3) is 0 Å². The normalized spacial score (nSPS) is 10.5. The van der Waals surface area contributed by atoms with Gasteiger partial charge >= 0.3 is 0 Å². The summed E-state index contributed by atoms with van der Waals surface area (Å²) in [6.07, 6.45) is 0. The van der Waals surface area contributed by atoms with Crippen LogP contribution in [0, 0.1) is 0 Å². The van der Waals surface area contributed by atoms with Gasteiger partial charge in [-0.3, -0.25) is 0 Å². The number of ether oxygens (including phenoxy) is 2. The first-order valence-electron chi connectivity index (χ1n) is 3.77. The molecule has 0 aromatic carbocycles. The van der Waals surface area contributed by atoms with Crippen LogP contribution in [-0.4, -0.2) is 35.2 Å². The minimum absolute atomic E-state index is 0.172. The van der Waals surface area contributed by atoms with E-state index < -0.39 is 0 Å². The molecule has 0 saturated carbocycles. The van der Waals surface area contributed by atoms with Crippen molar-refractivity contribution in [2.24, 2.45) is 0 Å². The molecule has 4 N–H and O–H groups in total. The molecule has 0 amide bonds. The van der Waals surface area contributed by atoms with Crippen molar-refractivity contribution in [2.75, 3.05) is 31.9 Å². The highest BCUT2D eigenvalue weighted by atomic mass is 16.5. The van der Waals surface area contributed by atoms with Gasteiger partial charge in [-0.15, -0.1) is 10.2 Å². The summed E-state index contributed by atoms with van der Waals surface area (Å²) in [6, 6.07) is 0. The minimum atomic E-state index is 0.172. The summed E-state index contributed by atoms with van der Waals surface area (Å²) < 4.78 is 11.1. The van der Waals surface area contributed by atoms with E-state index in [0.717, 1.165) is 0 Å². The molecule has 7 nitrogen and oxygen atoms in total. The SMILES string of the molecule is COCCOCc1nnc(N)n1N. The number of nitrogens with two attached hydrogens (primary N) is 2. The van der Waals surface area contributed by atoms with Crippen molar-refractivity contribution < 1.29 is 9.47 Å². The van der Waals surface area contributed by atoms with Gasteiger partial charge in [-0.2, -0.15) is 0 Å². The number of nitrogen functional groups attached to an aromatic ring is 2. The van der Waals surface area contributed by atoms with Crippen LogP contribution in [0.4, 0.5) is 5.95 Å². The smallest absolute Gasteiger partial charge is 0.240 e. The van der Waals surface area contributed by atoms with Crippen LogP contribution in [0.2, 0.25) is 0 Å². The maximum absolute atomic E-state index is 5.47. The van der Waals surface area contributed by atoms with E-state index in [4.69, 9.17) is 21.1 Å². The third kappa shape index (κ3) is 2.56. The number of hydrogen-bond donors (Lipinski definition) is 2. The Morgan fingerprint density at radius 3 is 2.69 bits per heavy atom. The lowest BCUT2D eigenvalue weighted by Crippen LogP contribution is -2.16. The van der Waals surface area contributed by atoms with Crippen LogP contribution in [0.15, 0.2) is 0 Å². The van der Waals surface area contributed by atoms with E-state index in [0.29, 0.717) is 19.0 Å². The first-order valence-corrected chi connectivity index (χ1v) is 3.77. The molecule has 0 bridgehead atoms. The van der Waals surface area contributed by atoms with Gasteiger partial charge in [0.1, 0.15) is 6.61 Å². The number of anilines is 1. The highest BCUT2D eigenvalue weighted by molar-refractivity contribution is 5.16. The quantitative estimate of drug-likeness (QED) is 0.440. The predicted molar refractivity (Wildman–Crippen MR) is 46.1 cm³/mol. The van der Waals surface area contributed by atoms with Crippen molar-refractivity contribution in [3.05, 3.63) is 5.82 Å². The molecular formula is C6H13N5O2. The monoisotopic (exact) mass is 187 g/mol. The van der Waals surface area contributed by atoms with Crippen LogP contribution in [0.5, 0.6) is 0 Å². The Hall–Kier alpha value is -1.34. The fourth-order valence-electron chi connectivity index (χ4n) is 0.742. The molecule has 1 rings (SSSR count). The van der Waals surface area contributed by atoms with E-state index in [2.05, 4.69) is 10.2 Å². The predicted octanol–water partition coefficient (Wildman–Crippen LogP) is -1.26. The van der Waals surface area contributed by atoms with Crippen LogP contribution < -0.4 is 11.6 Å². The lowest BCUT2D eigenvalue weighted by atomic mass is 10.6. The molecule has 0 saturated heterocycles. The summed E-state index contributed by atoms with van der Waals surface area (Å²) >= 11 is 0. The number of aromatic nitrogens is 3. The van der Waals surface area contributed by atoms with Gasteiger partial charge in [-0.25, -0.2) is 4.68 Å². The number of nitrogens with zero attached hydrogens (tertiary/aromatic N) is 3. The Morgan fingerprint density at radius 2 is 2.15 bits per heavy atom. The topological polar surface area (TPSA) is 101 Å². The van der Waals surface area contributed by atoms with Crippen molar-refractivity contribution in [3.63, 3.8) is 0 Å². The summed E-state index contributed by atoms with van der Waals surface area (Å²) in [5.41, 5.74) is 5.36. The molecule has 1 aromatic rings. The molecule has 7 heteroatoms. The Labute approximate surface area is 75.6 Å². The molecule has 0 atom stereocenters. The molecule has 0 aliphatic rings. The highest BCUT2D eigenvalue weighted by Gasteiger charge is 2.05. The molecule has 13 heavy (non-hydrogen) atoms. The molecule has 0 spiro atoms. The largest absolute Gasteiger partial charge is 0.382 e. The molecule has 1 heterocycles. The van der Waals surface area contributed by atoms with Crippen molar-refractivity contribution in [3.8, 4) is 0 Å². The zero-order chi connectivity index (χ0) is 9.68. The van der Waals surface area contributed by atoms with Gasteiger partial charge in [0.15, 0.2) is 5.82 Å². The molecule has 1 aromatic heterocycles. The summed E-state index contributed by atoms with van der Waals surface area (Å²) in [5.74, 6) is 6.14. The van der Waals surface area contributed by atoms with Gasteiger partial charge in [-0.1, -0.05) is 0 Å². The Kier molecular flexibility index (Phi) is 3.47. The number of methoxy groups -OCH3 is 1. The van der Waals surface area contributed by atoms with Crippen molar-refractivity contribution in [2.45, 2.75) is 6.61 Å². The maximum atomic E-state index is 5.47. The third-order valence-corrected chi connectivity index (χ3v) is 1.46. The highest BCUT2D eigenvalue weighted by Crippen LogP contribution is 1.98. The lowest BCUT2D eigenvalue weighted by molar-refractivity contribution is 0.0578. The zero-order valence-electron chi connectivity index (χ0n) is 7.43. The second kappa shape index (κ2) is 4.63. The van der Waals surface area contributed by atoms with Gasteiger partial charge in [-0.05, 0) is 0 Å². The fourth-order valence-corrected chi connectivity index (χ4v) is 0.742. The summed E-state index contributed by atoms with van der Waals surface area (Å²) in [7, 11) is 1.60. The maximum Gasteiger partial charge on any atom is 0.240 e. The standard InChI is InChI=1S/C6H13N5O2/c1-12-2-3-13-4-5-9-10-6(7)11(5)8/h2-4,8H2,1H3,(H2,7,10). The van der Waals surface area contributed by atoms with E-state index in [9.17, 15) is 0 Å². The second-order valence-electron chi connectivity index (χ2n) is 2.39. The van der Waals surface area contributed by atoms with Gasteiger partial charge in [0.2, 0.25) is 5.95 Å². The van der Waals surface area contributed by atoms with E-state index in [1.165, 1.54) is 4.68 Å².